The largest absolute Gasteiger partial charge is 0.478 e. The van der Waals surface area contributed by atoms with Gasteiger partial charge in [0, 0.05) is 6.54 Å². The molecule has 0 aromatic heterocycles. The number of hydrogen-bond donors (Lipinski definition) is 2. The fraction of sp³-hybridized carbons (Fsp3) is 0.533. The molecule has 0 aliphatic heterocycles. The van der Waals surface area contributed by atoms with Crippen molar-refractivity contribution >= 4 is 17.7 Å². The molecule has 2 N–H and O–H groups in total. The van der Waals surface area contributed by atoms with E-state index in [1.165, 1.54) is 17.9 Å². The van der Waals surface area contributed by atoms with Gasteiger partial charge in [-0.25, -0.2) is 4.79 Å². The number of rotatable bonds is 9. The summed E-state index contributed by atoms with van der Waals surface area (Å²) < 4.78 is 0. The van der Waals surface area contributed by atoms with Crippen molar-refractivity contribution < 1.29 is 9.90 Å². The van der Waals surface area contributed by atoms with E-state index in [0.29, 0.717) is 5.56 Å². The summed E-state index contributed by atoms with van der Waals surface area (Å²) in [6.07, 6.45) is 1.17. The van der Waals surface area contributed by atoms with Gasteiger partial charge in [-0.2, -0.15) is 11.8 Å². The third-order valence-electron chi connectivity index (χ3n) is 2.62. The highest BCUT2D eigenvalue weighted by molar-refractivity contribution is 7.99. The van der Waals surface area contributed by atoms with E-state index in [1.807, 2.05) is 23.9 Å². The highest BCUT2D eigenvalue weighted by atomic mass is 32.2. The fourth-order valence-corrected chi connectivity index (χ4v) is 2.60. The van der Waals surface area contributed by atoms with Crippen LogP contribution in [0.2, 0.25) is 0 Å². The van der Waals surface area contributed by atoms with Gasteiger partial charge >= 0.3 is 5.97 Å². The van der Waals surface area contributed by atoms with E-state index in [4.69, 9.17) is 5.11 Å². The number of thioether (sulfide) groups is 1. The van der Waals surface area contributed by atoms with Crippen molar-refractivity contribution in [1.29, 1.82) is 0 Å². The molecular weight excluding hydrogens is 258 g/mol. The molecule has 106 valence electrons. The topological polar surface area (TPSA) is 49.3 Å². The summed E-state index contributed by atoms with van der Waals surface area (Å²) >= 11 is 2.01. The fourth-order valence-electron chi connectivity index (χ4n) is 1.62. The molecule has 1 aromatic carbocycles. The molecule has 0 aliphatic carbocycles. The zero-order valence-electron chi connectivity index (χ0n) is 11.7. The average molecular weight is 281 g/mol. The maximum absolute atomic E-state index is 10.7. The first-order valence-electron chi connectivity index (χ1n) is 6.70. The number of hydrogen-bond acceptors (Lipinski definition) is 3. The second-order valence-electron chi connectivity index (χ2n) is 5.00. The van der Waals surface area contributed by atoms with Gasteiger partial charge in [0.2, 0.25) is 0 Å². The molecule has 0 saturated heterocycles. The Bertz CT molecular complexity index is 376. The molecule has 19 heavy (non-hydrogen) atoms. The van der Waals surface area contributed by atoms with E-state index in [-0.39, 0.29) is 0 Å². The molecule has 0 heterocycles. The van der Waals surface area contributed by atoms with Crippen LogP contribution in [0.4, 0.5) is 0 Å². The molecule has 0 radical (unpaired) electrons. The molecule has 0 unspecified atom stereocenters. The van der Waals surface area contributed by atoms with E-state index in [0.717, 1.165) is 24.6 Å². The van der Waals surface area contributed by atoms with Crippen LogP contribution in [-0.2, 0) is 6.54 Å². The predicted octanol–water partition coefficient (Wildman–Crippen LogP) is 3.25. The van der Waals surface area contributed by atoms with Gasteiger partial charge in [0.25, 0.3) is 0 Å². The van der Waals surface area contributed by atoms with Crippen LogP contribution in [0.25, 0.3) is 0 Å². The van der Waals surface area contributed by atoms with Crippen LogP contribution in [0.3, 0.4) is 0 Å². The summed E-state index contributed by atoms with van der Waals surface area (Å²) in [4.78, 5) is 10.7. The molecule has 3 nitrogen and oxygen atoms in total. The number of nitrogens with one attached hydrogen (secondary N) is 1. The zero-order valence-corrected chi connectivity index (χ0v) is 12.5. The molecule has 1 rings (SSSR count). The number of carboxylic acid groups (broad SMARTS) is 1. The Morgan fingerprint density at radius 3 is 2.58 bits per heavy atom. The molecule has 0 fully saturated rings. The first-order chi connectivity index (χ1) is 9.09. The minimum Gasteiger partial charge on any atom is -0.478 e. The maximum Gasteiger partial charge on any atom is 0.335 e. The summed E-state index contributed by atoms with van der Waals surface area (Å²) in [6.45, 7) is 6.29. The van der Waals surface area contributed by atoms with Crippen molar-refractivity contribution in [2.75, 3.05) is 18.1 Å². The number of benzene rings is 1. The van der Waals surface area contributed by atoms with E-state index in [1.54, 1.807) is 12.1 Å². The van der Waals surface area contributed by atoms with Crippen LogP contribution in [0.5, 0.6) is 0 Å². The van der Waals surface area contributed by atoms with Gasteiger partial charge in [-0.15, -0.1) is 0 Å². The standard InChI is InChI=1S/C15H23NO2S/c1-12(2)11-19-9-3-8-16-10-13-4-6-14(7-5-13)15(17)18/h4-7,12,16H,3,8-11H2,1-2H3,(H,17,18). The van der Waals surface area contributed by atoms with E-state index in [2.05, 4.69) is 19.2 Å². The maximum atomic E-state index is 10.7. The molecule has 0 bridgehead atoms. The second kappa shape index (κ2) is 8.99. The molecule has 4 heteroatoms. The van der Waals surface area contributed by atoms with Crippen molar-refractivity contribution in [1.82, 2.24) is 5.32 Å². The number of carboxylic acids is 1. The summed E-state index contributed by atoms with van der Waals surface area (Å²) in [7, 11) is 0. The van der Waals surface area contributed by atoms with Crippen LogP contribution in [-0.4, -0.2) is 29.1 Å². The Morgan fingerprint density at radius 2 is 2.00 bits per heavy atom. The lowest BCUT2D eigenvalue weighted by molar-refractivity contribution is 0.0697. The first-order valence-corrected chi connectivity index (χ1v) is 7.85. The van der Waals surface area contributed by atoms with E-state index in [9.17, 15) is 4.79 Å². The third-order valence-corrected chi connectivity index (χ3v) is 4.10. The average Bonchev–Trinajstić information content (AvgIpc) is 2.38. The molecule has 0 spiro atoms. The van der Waals surface area contributed by atoms with Gasteiger partial charge in [0.1, 0.15) is 0 Å². The van der Waals surface area contributed by atoms with Gasteiger partial charge < -0.3 is 10.4 Å². The van der Waals surface area contributed by atoms with E-state index >= 15 is 0 Å². The lowest BCUT2D eigenvalue weighted by atomic mass is 10.1. The summed E-state index contributed by atoms with van der Waals surface area (Å²) in [6, 6.07) is 7.03. The van der Waals surface area contributed by atoms with Crippen molar-refractivity contribution in [3.05, 3.63) is 35.4 Å². The van der Waals surface area contributed by atoms with Crippen LogP contribution < -0.4 is 5.32 Å². The highest BCUT2D eigenvalue weighted by Gasteiger charge is 2.01. The van der Waals surface area contributed by atoms with Crippen LogP contribution in [0, 0.1) is 5.92 Å². The number of aromatic carboxylic acids is 1. The van der Waals surface area contributed by atoms with Crippen molar-refractivity contribution in [2.24, 2.45) is 5.92 Å². The lowest BCUT2D eigenvalue weighted by Crippen LogP contribution is -2.15. The Labute approximate surface area is 119 Å². The monoisotopic (exact) mass is 281 g/mol. The molecular formula is C15H23NO2S. The van der Waals surface area contributed by atoms with Crippen molar-refractivity contribution in [3.63, 3.8) is 0 Å². The number of carbonyl (C=O) groups is 1. The Hall–Kier alpha value is -1.00. The zero-order chi connectivity index (χ0) is 14.1. The minimum absolute atomic E-state index is 0.342. The molecule has 0 atom stereocenters. The summed E-state index contributed by atoms with van der Waals surface area (Å²) in [5.41, 5.74) is 1.47. The third kappa shape index (κ3) is 7.23. The summed E-state index contributed by atoms with van der Waals surface area (Å²) in [5, 5.41) is 12.2. The van der Waals surface area contributed by atoms with Crippen LogP contribution in [0.1, 0.15) is 36.2 Å². The smallest absolute Gasteiger partial charge is 0.335 e. The Balaban J connectivity index is 2.11. The molecule has 0 saturated carbocycles. The van der Waals surface area contributed by atoms with E-state index < -0.39 is 5.97 Å². The molecule has 1 aromatic rings. The quantitative estimate of drug-likeness (QED) is 0.682. The van der Waals surface area contributed by atoms with Gasteiger partial charge in [-0.3, -0.25) is 0 Å². The van der Waals surface area contributed by atoms with Gasteiger partial charge in [-0.05, 0) is 48.1 Å². The first kappa shape index (κ1) is 16.1. The second-order valence-corrected chi connectivity index (χ2v) is 6.15. The van der Waals surface area contributed by atoms with Gasteiger partial charge in [0.15, 0.2) is 0 Å². The predicted molar refractivity (Wildman–Crippen MR) is 81.9 cm³/mol. The van der Waals surface area contributed by atoms with Crippen LogP contribution >= 0.6 is 11.8 Å². The lowest BCUT2D eigenvalue weighted by Gasteiger charge is -2.06. The van der Waals surface area contributed by atoms with Crippen molar-refractivity contribution in [3.8, 4) is 0 Å². The highest BCUT2D eigenvalue weighted by Crippen LogP contribution is 2.08. The Kier molecular flexibility index (Phi) is 7.60. The minimum atomic E-state index is -0.873. The SMILES string of the molecule is CC(C)CSCCCNCc1ccc(C(=O)O)cc1. The normalized spacial score (nSPS) is 10.9. The van der Waals surface area contributed by atoms with Gasteiger partial charge in [0.05, 0.1) is 5.56 Å². The van der Waals surface area contributed by atoms with Crippen molar-refractivity contribution in [2.45, 2.75) is 26.8 Å². The molecule has 0 aliphatic rings. The Morgan fingerprint density at radius 1 is 1.32 bits per heavy atom. The molecule has 0 amide bonds. The summed E-state index contributed by atoms with van der Waals surface area (Å²) in [5.74, 6) is 2.33. The van der Waals surface area contributed by atoms with Crippen LogP contribution in [0.15, 0.2) is 24.3 Å². The van der Waals surface area contributed by atoms with Gasteiger partial charge in [-0.1, -0.05) is 26.0 Å².